The number of anilines is 1. The zero-order valence-electron chi connectivity index (χ0n) is 14.9. The van der Waals surface area contributed by atoms with Crippen molar-refractivity contribution in [1.29, 1.82) is 0 Å². The van der Waals surface area contributed by atoms with E-state index in [9.17, 15) is 14.7 Å². The van der Waals surface area contributed by atoms with Crippen molar-refractivity contribution in [3.8, 4) is 5.75 Å². The second kappa shape index (κ2) is 5.70. The first kappa shape index (κ1) is 16.3. The van der Waals surface area contributed by atoms with Crippen molar-refractivity contribution in [1.82, 2.24) is 0 Å². The fourth-order valence-electron chi connectivity index (χ4n) is 3.65. The highest BCUT2D eigenvalue weighted by atomic mass is 16.3. The molecule has 3 aromatic rings. The number of phenols is 1. The number of benzene rings is 3. The number of phenolic OH excluding ortho intramolecular Hbond substituents is 1. The quantitative estimate of drug-likeness (QED) is 0.680. The molecular weight excluding hydrogens is 326 g/mol. The molecular formula is C22H19NO3. The van der Waals surface area contributed by atoms with Crippen molar-refractivity contribution >= 4 is 28.3 Å². The van der Waals surface area contributed by atoms with Crippen LogP contribution in [0.4, 0.5) is 5.69 Å². The Balaban J connectivity index is 1.97. The van der Waals surface area contributed by atoms with Crippen molar-refractivity contribution in [3.05, 3.63) is 70.8 Å². The first-order valence-electron chi connectivity index (χ1n) is 8.64. The van der Waals surface area contributed by atoms with E-state index in [4.69, 9.17) is 0 Å². The molecule has 1 N–H and O–H groups in total. The van der Waals surface area contributed by atoms with Gasteiger partial charge in [0.1, 0.15) is 5.75 Å². The topological polar surface area (TPSA) is 57.6 Å². The largest absolute Gasteiger partial charge is 0.508 e. The van der Waals surface area contributed by atoms with Crippen LogP contribution in [0.5, 0.6) is 5.75 Å². The van der Waals surface area contributed by atoms with Crippen LogP contribution in [0.1, 0.15) is 51.6 Å². The number of imide groups is 1. The van der Waals surface area contributed by atoms with E-state index in [2.05, 4.69) is 0 Å². The van der Waals surface area contributed by atoms with Crippen LogP contribution >= 0.6 is 0 Å². The van der Waals surface area contributed by atoms with Crippen molar-refractivity contribution in [2.75, 3.05) is 4.90 Å². The van der Waals surface area contributed by atoms with Crippen molar-refractivity contribution < 1.29 is 14.7 Å². The molecule has 0 saturated carbocycles. The van der Waals surface area contributed by atoms with Gasteiger partial charge in [-0.05, 0) is 53.6 Å². The highest BCUT2D eigenvalue weighted by Gasteiger charge is 2.35. The van der Waals surface area contributed by atoms with Gasteiger partial charge in [-0.2, -0.15) is 0 Å². The van der Waals surface area contributed by atoms with E-state index < -0.39 is 0 Å². The molecule has 26 heavy (non-hydrogen) atoms. The number of hydrogen-bond donors (Lipinski definition) is 1. The molecule has 0 fully saturated rings. The Labute approximate surface area is 151 Å². The zero-order valence-corrected chi connectivity index (χ0v) is 14.9. The van der Waals surface area contributed by atoms with E-state index >= 15 is 0 Å². The molecule has 4 heteroatoms. The van der Waals surface area contributed by atoms with Gasteiger partial charge in [0.05, 0.1) is 5.69 Å². The third-order valence-corrected chi connectivity index (χ3v) is 4.98. The second-order valence-electron chi connectivity index (χ2n) is 7.01. The van der Waals surface area contributed by atoms with Crippen LogP contribution in [0.15, 0.2) is 48.5 Å². The third-order valence-electron chi connectivity index (χ3n) is 4.98. The molecule has 4 rings (SSSR count). The van der Waals surface area contributed by atoms with Gasteiger partial charge in [0.2, 0.25) is 0 Å². The SMILES string of the molecule is Cc1cc(O)c(C(C)C)cc1N1C(=O)c2cccc3cccc(c23)C1=O. The molecule has 0 unspecified atom stereocenters. The lowest BCUT2D eigenvalue weighted by molar-refractivity contribution is 0.0893. The molecule has 3 aromatic carbocycles. The van der Waals surface area contributed by atoms with E-state index in [1.165, 1.54) is 4.90 Å². The standard InChI is InChI=1S/C22H19NO3/c1-12(2)17-11-18(13(3)10-19(17)24)23-21(25)15-8-4-6-14-7-5-9-16(20(14)15)22(23)26/h4-12,24H,1-3H3. The number of hydrogen-bond acceptors (Lipinski definition) is 3. The van der Waals surface area contributed by atoms with Gasteiger partial charge in [-0.3, -0.25) is 9.59 Å². The molecule has 0 bridgehead atoms. The molecule has 2 amide bonds. The molecule has 4 nitrogen and oxygen atoms in total. The summed E-state index contributed by atoms with van der Waals surface area (Å²) in [6, 6.07) is 14.3. The van der Waals surface area contributed by atoms with E-state index in [1.807, 2.05) is 38.1 Å². The predicted octanol–water partition coefficient (Wildman–Crippen LogP) is 4.78. The minimum absolute atomic E-state index is 0.0695. The number of amides is 2. The van der Waals surface area contributed by atoms with Gasteiger partial charge in [-0.1, -0.05) is 38.1 Å². The van der Waals surface area contributed by atoms with Crippen LogP contribution in [0.3, 0.4) is 0 Å². The fourth-order valence-corrected chi connectivity index (χ4v) is 3.65. The minimum atomic E-state index is -0.331. The van der Waals surface area contributed by atoms with Crippen molar-refractivity contribution in [3.63, 3.8) is 0 Å². The summed E-state index contributed by atoms with van der Waals surface area (Å²) in [6.07, 6.45) is 0. The minimum Gasteiger partial charge on any atom is -0.508 e. The maximum Gasteiger partial charge on any atom is 0.265 e. The molecule has 130 valence electrons. The number of aryl methyl sites for hydroxylation is 1. The number of aromatic hydroxyl groups is 1. The van der Waals surface area contributed by atoms with Crippen molar-refractivity contribution in [2.45, 2.75) is 26.7 Å². The highest BCUT2D eigenvalue weighted by molar-refractivity contribution is 6.36. The number of carbonyl (C=O) groups is 2. The second-order valence-corrected chi connectivity index (χ2v) is 7.01. The summed E-state index contributed by atoms with van der Waals surface area (Å²) >= 11 is 0. The summed E-state index contributed by atoms with van der Waals surface area (Å²) in [5.41, 5.74) is 2.96. The van der Waals surface area contributed by atoms with Crippen LogP contribution in [-0.4, -0.2) is 16.9 Å². The zero-order chi connectivity index (χ0) is 18.6. The average molecular weight is 345 g/mol. The fraction of sp³-hybridized carbons (Fsp3) is 0.182. The number of rotatable bonds is 2. The molecule has 0 spiro atoms. The molecule has 1 aliphatic heterocycles. The van der Waals surface area contributed by atoms with E-state index in [0.29, 0.717) is 33.3 Å². The van der Waals surface area contributed by atoms with Crippen LogP contribution in [0.2, 0.25) is 0 Å². The monoisotopic (exact) mass is 345 g/mol. The first-order valence-corrected chi connectivity index (χ1v) is 8.64. The number of carbonyl (C=O) groups excluding carboxylic acids is 2. The Morgan fingerprint density at radius 3 is 2.04 bits per heavy atom. The molecule has 0 atom stereocenters. The summed E-state index contributed by atoms with van der Waals surface area (Å²) in [4.78, 5) is 27.6. The molecule has 0 aliphatic carbocycles. The van der Waals surface area contributed by atoms with E-state index in [-0.39, 0.29) is 23.5 Å². The summed E-state index contributed by atoms with van der Waals surface area (Å²) in [5, 5.41) is 11.8. The summed E-state index contributed by atoms with van der Waals surface area (Å²) in [7, 11) is 0. The van der Waals surface area contributed by atoms with Gasteiger partial charge >= 0.3 is 0 Å². The van der Waals surface area contributed by atoms with E-state index in [0.717, 1.165) is 5.39 Å². The normalized spacial score (nSPS) is 13.8. The van der Waals surface area contributed by atoms with E-state index in [1.54, 1.807) is 31.2 Å². The Hall–Kier alpha value is -3.14. The lowest BCUT2D eigenvalue weighted by Gasteiger charge is -2.29. The Morgan fingerprint density at radius 1 is 0.923 bits per heavy atom. The molecule has 0 radical (unpaired) electrons. The highest BCUT2D eigenvalue weighted by Crippen LogP contribution is 2.37. The van der Waals surface area contributed by atoms with Gasteiger partial charge < -0.3 is 5.11 Å². The maximum atomic E-state index is 13.2. The van der Waals surface area contributed by atoms with Gasteiger partial charge in [0, 0.05) is 16.5 Å². The maximum absolute atomic E-state index is 13.2. The molecule has 1 heterocycles. The van der Waals surface area contributed by atoms with Crippen LogP contribution < -0.4 is 4.90 Å². The summed E-state index contributed by atoms with van der Waals surface area (Å²) in [5.74, 6) is -0.411. The first-order chi connectivity index (χ1) is 12.4. The Bertz CT molecular complexity index is 1030. The van der Waals surface area contributed by atoms with Crippen molar-refractivity contribution in [2.24, 2.45) is 0 Å². The summed E-state index contributed by atoms with van der Waals surface area (Å²) in [6.45, 7) is 5.72. The summed E-state index contributed by atoms with van der Waals surface area (Å²) < 4.78 is 0. The Kier molecular flexibility index (Phi) is 3.58. The van der Waals surface area contributed by atoms with Crippen LogP contribution in [0, 0.1) is 6.92 Å². The van der Waals surface area contributed by atoms with Gasteiger partial charge in [-0.15, -0.1) is 0 Å². The third kappa shape index (κ3) is 2.22. The lowest BCUT2D eigenvalue weighted by Crippen LogP contribution is -2.40. The molecule has 1 aliphatic rings. The van der Waals surface area contributed by atoms with Gasteiger partial charge in [0.25, 0.3) is 11.8 Å². The van der Waals surface area contributed by atoms with Gasteiger partial charge in [-0.25, -0.2) is 4.90 Å². The Morgan fingerprint density at radius 2 is 1.50 bits per heavy atom. The lowest BCUT2D eigenvalue weighted by atomic mass is 9.92. The number of nitrogens with zero attached hydrogens (tertiary/aromatic N) is 1. The average Bonchev–Trinajstić information content (AvgIpc) is 2.61. The van der Waals surface area contributed by atoms with Crippen LogP contribution in [-0.2, 0) is 0 Å². The van der Waals surface area contributed by atoms with Crippen LogP contribution in [0.25, 0.3) is 10.8 Å². The molecule has 0 saturated heterocycles. The smallest absolute Gasteiger partial charge is 0.265 e. The van der Waals surface area contributed by atoms with Gasteiger partial charge in [0.15, 0.2) is 0 Å². The molecule has 0 aromatic heterocycles. The predicted molar refractivity (Wildman–Crippen MR) is 102 cm³/mol.